The highest BCUT2D eigenvalue weighted by atomic mass is 16.5. The van der Waals surface area contributed by atoms with Gasteiger partial charge in [0.1, 0.15) is 11.6 Å². The van der Waals surface area contributed by atoms with E-state index in [4.69, 9.17) is 30.1 Å². The highest BCUT2D eigenvalue weighted by molar-refractivity contribution is 6.04. The van der Waals surface area contributed by atoms with Crippen molar-refractivity contribution in [2.45, 2.75) is 44.8 Å². The van der Waals surface area contributed by atoms with Crippen LogP contribution in [0.4, 0.5) is 5.69 Å². The molecule has 2 heterocycles. The van der Waals surface area contributed by atoms with Gasteiger partial charge in [0.05, 0.1) is 31.0 Å². The molecule has 5 rings (SSSR count). The number of benzene rings is 3. The third-order valence-corrected chi connectivity index (χ3v) is 7.89. The fraction of sp³-hybridized carbons (Fsp3) is 0.394. The molecule has 1 fully saturated rings. The van der Waals surface area contributed by atoms with Gasteiger partial charge in [0, 0.05) is 62.3 Å². The summed E-state index contributed by atoms with van der Waals surface area (Å²) in [6.45, 7) is 9.79. The molecule has 0 atom stereocenters. The Morgan fingerprint density at radius 1 is 0.911 bits per heavy atom. The number of carboxylic acid groups (broad SMARTS) is 3. The minimum atomic E-state index is -2.74. The molecular weight excluding hydrogens is 580 g/mol. The van der Waals surface area contributed by atoms with Gasteiger partial charge >= 0.3 is 17.9 Å². The molecule has 0 amide bonds. The lowest BCUT2D eigenvalue weighted by Gasteiger charge is -2.36. The Bertz CT molecular complexity index is 1640. The van der Waals surface area contributed by atoms with E-state index in [0.717, 1.165) is 50.4 Å². The Balaban J connectivity index is 0.000000302. The number of carboxylic acids is 3. The van der Waals surface area contributed by atoms with Crippen molar-refractivity contribution in [3.05, 3.63) is 66.5 Å². The zero-order valence-electron chi connectivity index (χ0n) is 25.7. The number of fused-ring (bicyclic) bond motifs is 3. The second kappa shape index (κ2) is 14.4. The number of aliphatic hydroxyl groups is 1. The van der Waals surface area contributed by atoms with Crippen LogP contribution in [0.25, 0.3) is 21.8 Å². The maximum Gasteiger partial charge on any atom is 0.336 e. The van der Waals surface area contributed by atoms with Crippen LogP contribution in [0.2, 0.25) is 0 Å². The number of ether oxygens (including phenoxy) is 1. The average molecular weight is 621 g/mol. The van der Waals surface area contributed by atoms with E-state index in [2.05, 4.69) is 82.8 Å². The van der Waals surface area contributed by atoms with Gasteiger partial charge in [0.25, 0.3) is 0 Å². The number of imidazole rings is 1. The predicted molar refractivity (Wildman–Crippen MR) is 170 cm³/mol. The van der Waals surface area contributed by atoms with Gasteiger partial charge in [-0.1, -0.05) is 36.4 Å². The first kappa shape index (κ1) is 33.2. The lowest BCUT2D eigenvalue weighted by molar-refractivity contribution is -0.170. The maximum absolute atomic E-state index is 10.3. The molecule has 12 nitrogen and oxygen atoms in total. The molecule has 0 aliphatic carbocycles. The number of methoxy groups -OCH3 is 1. The highest BCUT2D eigenvalue weighted by Crippen LogP contribution is 2.29. The van der Waals surface area contributed by atoms with Crippen molar-refractivity contribution in [2.24, 2.45) is 0 Å². The lowest BCUT2D eigenvalue weighted by Crippen LogP contribution is -2.47. The third kappa shape index (κ3) is 8.08. The van der Waals surface area contributed by atoms with Crippen LogP contribution in [0.5, 0.6) is 5.75 Å². The normalized spacial score (nSPS) is 13.9. The van der Waals surface area contributed by atoms with Gasteiger partial charge in [-0.15, -0.1) is 0 Å². The number of aliphatic carboxylic acids is 3. The topological polar surface area (TPSA) is 166 Å². The summed E-state index contributed by atoms with van der Waals surface area (Å²) in [5.74, 6) is -2.90. The van der Waals surface area contributed by atoms with Crippen molar-refractivity contribution in [1.82, 2.24) is 14.5 Å². The number of hydrogen-bond acceptors (Lipinski definition) is 8. The molecular formula is C33H40N4O8. The quantitative estimate of drug-likeness (QED) is 0.192. The van der Waals surface area contributed by atoms with Crippen molar-refractivity contribution in [1.29, 1.82) is 0 Å². The van der Waals surface area contributed by atoms with E-state index < -0.39 is 36.4 Å². The van der Waals surface area contributed by atoms with Crippen LogP contribution in [-0.2, 0) is 20.8 Å². The lowest BCUT2D eigenvalue weighted by atomic mass is 9.96. The van der Waals surface area contributed by atoms with Crippen molar-refractivity contribution < 1.29 is 39.5 Å². The van der Waals surface area contributed by atoms with Crippen LogP contribution in [0.15, 0.2) is 60.7 Å². The number of rotatable bonds is 11. The van der Waals surface area contributed by atoms with Gasteiger partial charge in [-0.3, -0.25) is 14.5 Å². The summed E-state index contributed by atoms with van der Waals surface area (Å²) in [6.07, 6.45) is -1.32. The zero-order valence-corrected chi connectivity index (χ0v) is 25.7. The first-order valence-corrected chi connectivity index (χ1v) is 14.8. The molecule has 1 saturated heterocycles. The smallest absolute Gasteiger partial charge is 0.336 e. The largest absolute Gasteiger partial charge is 0.497 e. The van der Waals surface area contributed by atoms with Crippen molar-refractivity contribution in [3.63, 3.8) is 0 Å². The summed E-state index contributed by atoms with van der Waals surface area (Å²) >= 11 is 0. The molecule has 1 aromatic heterocycles. The molecule has 4 aromatic rings. The first-order valence-electron chi connectivity index (χ1n) is 14.8. The number of aromatic nitrogens is 2. The van der Waals surface area contributed by atoms with Crippen molar-refractivity contribution in [3.8, 4) is 5.75 Å². The summed E-state index contributed by atoms with van der Waals surface area (Å²) in [5, 5.41) is 36.4. The number of carbonyl (C=O) groups is 3. The van der Waals surface area contributed by atoms with E-state index in [9.17, 15) is 14.4 Å². The van der Waals surface area contributed by atoms with E-state index in [-0.39, 0.29) is 0 Å². The fourth-order valence-electron chi connectivity index (χ4n) is 5.65. The standard InChI is InChI=1S/C27H32N4O.C6H8O7/c1-20(2)31-26(28-25-12-11-21-7-4-5-10-24(21)27(25)31)13-14-29-15-17-30(18-16-29)22-8-6-9-23(19-22)32-3;7-3(8)1-6(13,5(11)12)2-4(9)10/h4-12,19-20H,13-18H2,1-3H3;13H,1-2H2,(H,7,8)(H,9,10)(H,11,12). The van der Waals surface area contributed by atoms with Crippen molar-refractivity contribution >= 4 is 45.4 Å². The Hall–Kier alpha value is -4.68. The van der Waals surface area contributed by atoms with Crippen LogP contribution in [0, 0.1) is 0 Å². The molecule has 0 bridgehead atoms. The second-order valence-electron chi connectivity index (χ2n) is 11.4. The van der Waals surface area contributed by atoms with Gasteiger partial charge in [-0.05, 0) is 37.4 Å². The molecule has 1 aliphatic rings. The second-order valence-corrected chi connectivity index (χ2v) is 11.4. The summed E-state index contributed by atoms with van der Waals surface area (Å²) < 4.78 is 7.84. The van der Waals surface area contributed by atoms with E-state index in [1.165, 1.54) is 27.8 Å². The molecule has 0 spiro atoms. The van der Waals surface area contributed by atoms with E-state index in [1.54, 1.807) is 7.11 Å². The van der Waals surface area contributed by atoms with Gasteiger partial charge < -0.3 is 34.6 Å². The molecule has 4 N–H and O–H groups in total. The maximum atomic E-state index is 10.3. The molecule has 0 radical (unpaired) electrons. The third-order valence-electron chi connectivity index (χ3n) is 7.89. The summed E-state index contributed by atoms with van der Waals surface area (Å²) in [6, 6.07) is 21.8. The zero-order chi connectivity index (χ0) is 32.7. The summed E-state index contributed by atoms with van der Waals surface area (Å²) in [4.78, 5) is 40.6. The SMILES string of the molecule is COc1cccc(N2CCN(CCc3nc4ccc5ccccc5c4n3C(C)C)CC2)c1.O=C(O)CC(O)(CC(=O)O)C(=O)O. The van der Waals surface area contributed by atoms with Gasteiger partial charge in [0.15, 0.2) is 5.60 Å². The Morgan fingerprint density at radius 3 is 2.18 bits per heavy atom. The van der Waals surface area contributed by atoms with E-state index in [1.807, 2.05) is 6.07 Å². The minimum Gasteiger partial charge on any atom is -0.497 e. The summed E-state index contributed by atoms with van der Waals surface area (Å²) in [7, 11) is 1.73. The number of hydrogen-bond donors (Lipinski definition) is 4. The first-order chi connectivity index (χ1) is 21.4. The molecule has 240 valence electrons. The van der Waals surface area contributed by atoms with Crippen molar-refractivity contribution in [2.75, 3.05) is 44.7 Å². The molecule has 0 saturated carbocycles. The van der Waals surface area contributed by atoms with E-state index in [0.29, 0.717) is 6.04 Å². The number of piperazine rings is 1. The molecule has 1 aliphatic heterocycles. The highest BCUT2D eigenvalue weighted by Gasteiger charge is 2.40. The van der Waals surface area contributed by atoms with Crippen LogP contribution in [-0.4, -0.2) is 98.2 Å². The van der Waals surface area contributed by atoms with E-state index >= 15 is 0 Å². The summed E-state index contributed by atoms with van der Waals surface area (Å²) in [5.41, 5.74) is 0.890. The van der Waals surface area contributed by atoms with Gasteiger partial charge in [-0.25, -0.2) is 9.78 Å². The number of nitrogens with zero attached hydrogens (tertiary/aromatic N) is 4. The predicted octanol–water partition coefficient (Wildman–Crippen LogP) is 3.90. The molecule has 3 aromatic carbocycles. The fourth-order valence-corrected chi connectivity index (χ4v) is 5.65. The van der Waals surface area contributed by atoms with Gasteiger partial charge in [0.2, 0.25) is 0 Å². The Labute approximate surface area is 261 Å². The Kier molecular flexibility index (Phi) is 10.6. The molecule has 45 heavy (non-hydrogen) atoms. The van der Waals surface area contributed by atoms with Gasteiger partial charge in [-0.2, -0.15) is 0 Å². The molecule has 12 heteroatoms. The average Bonchev–Trinajstić information content (AvgIpc) is 3.39. The van der Waals surface area contributed by atoms with Crippen LogP contribution in [0.3, 0.4) is 0 Å². The molecule has 0 unspecified atom stereocenters. The van der Waals surface area contributed by atoms with Crippen LogP contribution in [0.1, 0.15) is 38.6 Å². The minimum absolute atomic E-state index is 0.380. The Morgan fingerprint density at radius 2 is 1.58 bits per heavy atom. The van der Waals surface area contributed by atoms with Crippen LogP contribution >= 0.6 is 0 Å². The number of anilines is 1. The monoisotopic (exact) mass is 620 g/mol. The van der Waals surface area contributed by atoms with Crippen LogP contribution < -0.4 is 9.64 Å².